The summed E-state index contributed by atoms with van der Waals surface area (Å²) in [6, 6.07) is 12.6. The number of carbonyl (C=O) groups is 2. The first-order valence-corrected chi connectivity index (χ1v) is 9.77. The number of nitrogens with one attached hydrogen (secondary N) is 1. The van der Waals surface area contributed by atoms with Crippen molar-refractivity contribution in [2.45, 2.75) is 27.2 Å². The molecule has 2 aromatic rings. The van der Waals surface area contributed by atoms with Crippen LogP contribution in [0.15, 0.2) is 46.9 Å². The van der Waals surface area contributed by atoms with E-state index in [0.29, 0.717) is 30.2 Å². The molecule has 0 spiro atoms. The van der Waals surface area contributed by atoms with Gasteiger partial charge in [-0.05, 0) is 56.7 Å². The van der Waals surface area contributed by atoms with E-state index in [0.717, 1.165) is 16.6 Å². The van der Waals surface area contributed by atoms with Crippen LogP contribution in [0.2, 0.25) is 0 Å². The Labute approximate surface area is 167 Å². The van der Waals surface area contributed by atoms with Gasteiger partial charge < -0.3 is 15.0 Å². The van der Waals surface area contributed by atoms with Gasteiger partial charge in [0.05, 0.1) is 11.1 Å². The lowest BCUT2D eigenvalue weighted by Gasteiger charge is -2.27. The summed E-state index contributed by atoms with van der Waals surface area (Å²) in [5.74, 6) is 0.462. The van der Waals surface area contributed by atoms with Gasteiger partial charge in [0.2, 0.25) is 5.91 Å². The predicted molar refractivity (Wildman–Crippen MR) is 110 cm³/mol. The normalized spacial score (nSPS) is 15.6. The number of anilines is 2. The van der Waals surface area contributed by atoms with Crippen LogP contribution < -0.4 is 15.0 Å². The van der Waals surface area contributed by atoms with E-state index >= 15 is 0 Å². The Hall–Kier alpha value is -2.34. The van der Waals surface area contributed by atoms with E-state index in [2.05, 4.69) is 21.2 Å². The van der Waals surface area contributed by atoms with E-state index in [4.69, 9.17) is 4.74 Å². The fourth-order valence-electron chi connectivity index (χ4n) is 2.98. The number of amides is 2. The lowest BCUT2D eigenvalue weighted by atomic mass is 9.93. The van der Waals surface area contributed by atoms with Gasteiger partial charge in [0.25, 0.3) is 5.91 Å². The molecule has 0 unspecified atom stereocenters. The van der Waals surface area contributed by atoms with Gasteiger partial charge in [-0.2, -0.15) is 0 Å². The Morgan fingerprint density at radius 3 is 2.59 bits per heavy atom. The molecule has 1 aliphatic rings. The average molecular weight is 431 g/mol. The van der Waals surface area contributed by atoms with Crippen molar-refractivity contribution < 1.29 is 14.3 Å². The summed E-state index contributed by atoms with van der Waals surface area (Å²) >= 11 is 3.36. The lowest BCUT2D eigenvalue weighted by Crippen LogP contribution is -2.42. The summed E-state index contributed by atoms with van der Waals surface area (Å²) < 4.78 is 6.85. The predicted octanol–water partition coefficient (Wildman–Crippen LogP) is 4.86. The van der Waals surface area contributed by atoms with E-state index in [1.807, 2.05) is 39.0 Å². The van der Waals surface area contributed by atoms with Crippen molar-refractivity contribution in [1.82, 2.24) is 0 Å². The first-order chi connectivity index (χ1) is 12.8. The van der Waals surface area contributed by atoms with Crippen LogP contribution in [0.1, 0.15) is 37.6 Å². The average Bonchev–Trinajstić information content (AvgIpc) is 2.73. The molecule has 0 aliphatic carbocycles. The summed E-state index contributed by atoms with van der Waals surface area (Å²) in [6.07, 6.45) is 0.851. The van der Waals surface area contributed by atoms with E-state index in [-0.39, 0.29) is 11.8 Å². The van der Waals surface area contributed by atoms with Crippen LogP contribution in [0.5, 0.6) is 5.75 Å². The molecule has 1 heterocycles. The third-order valence-electron chi connectivity index (χ3n) is 4.47. The van der Waals surface area contributed by atoms with E-state index in [1.54, 1.807) is 29.2 Å². The molecular formula is C21H23BrN2O3. The summed E-state index contributed by atoms with van der Waals surface area (Å²) in [5.41, 5.74) is 1.34. The number of fused-ring (bicyclic) bond motifs is 1. The van der Waals surface area contributed by atoms with Gasteiger partial charge in [-0.3, -0.25) is 9.59 Å². The van der Waals surface area contributed by atoms with Crippen LogP contribution in [-0.4, -0.2) is 25.0 Å². The molecule has 0 saturated heterocycles. The van der Waals surface area contributed by atoms with Crippen LogP contribution in [-0.2, 0) is 4.79 Å². The zero-order valence-electron chi connectivity index (χ0n) is 15.7. The maximum Gasteiger partial charge on any atom is 0.255 e. The molecule has 1 N–H and O–H groups in total. The maximum absolute atomic E-state index is 12.9. The molecule has 5 nitrogen and oxygen atoms in total. The molecule has 0 radical (unpaired) electrons. The minimum atomic E-state index is -0.602. The number of hydrogen-bond donors (Lipinski definition) is 1. The zero-order valence-corrected chi connectivity index (χ0v) is 17.3. The largest absolute Gasteiger partial charge is 0.490 e. The van der Waals surface area contributed by atoms with Crippen molar-refractivity contribution in [2.75, 3.05) is 23.4 Å². The highest BCUT2D eigenvalue weighted by Crippen LogP contribution is 2.38. The number of benzene rings is 2. The van der Waals surface area contributed by atoms with Gasteiger partial charge in [-0.25, -0.2) is 0 Å². The summed E-state index contributed by atoms with van der Waals surface area (Å²) in [7, 11) is 0. The molecule has 0 bridgehead atoms. The molecule has 3 rings (SSSR count). The molecule has 0 fully saturated rings. The Bertz CT molecular complexity index is 862. The first kappa shape index (κ1) is 19.4. The Morgan fingerprint density at radius 2 is 1.93 bits per heavy atom. The second-order valence-corrected chi connectivity index (χ2v) is 8.19. The van der Waals surface area contributed by atoms with Crippen LogP contribution in [0, 0.1) is 5.41 Å². The van der Waals surface area contributed by atoms with Crippen molar-refractivity contribution in [3.05, 3.63) is 52.5 Å². The molecular weight excluding hydrogens is 408 g/mol. The number of ether oxygens (including phenoxy) is 1. The van der Waals surface area contributed by atoms with Gasteiger partial charge in [-0.15, -0.1) is 0 Å². The van der Waals surface area contributed by atoms with Gasteiger partial charge >= 0.3 is 0 Å². The third-order valence-corrected chi connectivity index (χ3v) is 5.00. The minimum Gasteiger partial charge on any atom is -0.490 e. The van der Waals surface area contributed by atoms with E-state index in [1.165, 1.54) is 0 Å². The van der Waals surface area contributed by atoms with Gasteiger partial charge in [-0.1, -0.05) is 22.9 Å². The maximum atomic E-state index is 12.9. The van der Waals surface area contributed by atoms with Crippen molar-refractivity contribution in [3.8, 4) is 5.75 Å². The molecule has 0 saturated carbocycles. The van der Waals surface area contributed by atoms with Crippen LogP contribution in [0.25, 0.3) is 0 Å². The molecule has 142 valence electrons. The molecule has 0 aromatic heterocycles. The van der Waals surface area contributed by atoms with Crippen molar-refractivity contribution in [3.63, 3.8) is 0 Å². The van der Waals surface area contributed by atoms with Crippen LogP contribution >= 0.6 is 15.9 Å². The quantitative estimate of drug-likeness (QED) is 0.752. The molecule has 2 aromatic carbocycles. The highest BCUT2D eigenvalue weighted by molar-refractivity contribution is 9.10. The fourth-order valence-corrected chi connectivity index (χ4v) is 3.24. The smallest absolute Gasteiger partial charge is 0.255 e. The number of halogens is 1. The Balaban J connectivity index is 1.87. The van der Waals surface area contributed by atoms with E-state index in [9.17, 15) is 9.59 Å². The number of nitrogens with zero attached hydrogens (tertiary/aromatic N) is 1. The van der Waals surface area contributed by atoms with Crippen LogP contribution in [0.4, 0.5) is 11.4 Å². The summed E-state index contributed by atoms with van der Waals surface area (Å²) in [4.78, 5) is 27.1. The SMILES string of the molecule is CCCN1C(=O)C(C)(C)COc2cc(NC(=O)c3ccc(Br)cc3)ccc21. The topological polar surface area (TPSA) is 58.6 Å². The monoisotopic (exact) mass is 430 g/mol. The second kappa shape index (κ2) is 7.72. The molecule has 6 heteroatoms. The highest BCUT2D eigenvalue weighted by atomic mass is 79.9. The number of carbonyl (C=O) groups excluding carboxylic acids is 2. The van der Waals surface area contributed by atoms with Crippen molar-refractivity contribution in [2.24, 2.45) is 5.41 Å². The third kappa shape index (κ3) is 4.16. The fraction of sp³-hybridized carbons (Fsp3) is 0.333. The second-order valence-electron chi connectivity index (χ2n) is 7.27. The highest BCUT2D eigenvalue weighted by Gasteiger charge is 2.37. The molecule has 1 aliphatic heterocycles. The summed E-state index contributed by atoms with van der Waals surface area (Å²) in [5, 5.41) is 2.89. The Kier molecular flexibility index (Phi) is 5.56. The minimum absolute atomic E-state index is 0.0507. The lowest BCUT2D eigenvalue weighted by molar-refractivity contribution is -0.127. The standard InChI is InChI=1S/C21H23BrN2O3/c1-4-11-24-17-10-9-16(12-18(17)27-13-21(2,3)20(24)26)23-19(25)14-5-7-15(22)8-6-14/h5-10,12H,4,11,13H2,1-3H3,(H,23,25). The molecule has 0 atom stereocenters. The van der Waals surface area contributed by atoms with E-state index < -0.39 is 5.41 Å². The number of hydrogen-bond acceptors (Lipinski definition) is 3. The number of rotatable bonds is 4. The molecule has 27 heavy (non-hydrogen) atoms. The van der Waals surface area contributed by atoms with Gasteiger partial charge in [0.1, 0.15) is 12.4 Å². The first-order valence-electron chi connectivity index (χ1n) is 8.97. The van der Waals surface area contributed by atoms with Gasteiger partial charge in [0.15, 0.2) is 0 Å². The van der Waals surface area contributed by atoms with Crippen molar-refractivity contribution >= 4 is 39.1 Å². The zero-order chi connectivity index (χ0) is 19.6. The summed E-state index contributed by atoms with van der Waals surface area (Å²) in [6.45, 7) is 6.74. The van der Waals surface area contributed by atoms with Gasteiger partial charge in [0, 0.05) is 28.3 Å². The molecule has 2 amide bonds. The Morgan fingerprint density at radius 1 is 1.22 bits per heavy atom. The van der Waals surface area contributed by atoms with Crippen molar-refractivity contribution in [1.29, 1.82) is 0 Å². The van der Waals surface area contributed by atoms with Crippen LogP contribution in [0.3, 0.4) is 0 Å².